The Morgan fingerprint density at radius 2 is 1.88 bits per heavy atom. The number of rotatable bonds is 1. The van der Waals surface area contributed by atoms with Crippen molar-refractivity contribution in [3.8, 4) is 0 Å². The average molecular weight is 227 g/mol. The normalized spacial score (nSPS) is 19.6. The summed E-state index contributed by atoms with van der Waals surface area (Å²) in [4.78, 5) is 1.46. The minimum absolute atomic E-state index is 0.130. The number of halogens is 3. The van der Waals surface area contributed by atoms with E-state index in [1.165, 1.54) is 11.0 Å². The van der Waals surface area contributed by atoms with Gasteiger partial charge in [0.05, 0.1) is 11.3 Å². The molecule has 0 aliphatic carbocycles. The van der Waals surface area contributed by atoms with Crippen LogP contribution in [0.1, 0.15) is 13.8 Å². The highest BCUT2D eigenvalue weighted by Crippen LogP contribution is 2.32. The van der Waals surface area contributed by atoms with E-state index in [1.54, 1.807) is 19.2 Å². The zero-order valence-electron chi connectivity index (χ0n) is 9.52. The van der Waals surface area contributed by atoms with E-state index in [2.05, 4.69) is 6.58 Å². The van der Waals surface area contributed by atoms with Gasteiger partial charge in [0, 0.05) is 11.9 Å². The fraction of sp³-hybridized carbons (Fsp3) is 0.273. The van der Waals surface area contributed by atoms with Crippen molar-refractivity contribution < 1.29 is 13.2 Å². The van der Waals surface area contributed by atoms with Crippen LogP contribution >= 0.6 is 0 Å². The van der Waals surface area contributed by atoms with Crippen LogP contribution in [0.2, 0.25) is 0 Å². The van der Waals surface area contributed by atoms with Crippen LogP contribution in [0.5, 0.6) is 0 Å². The van der Waals surface area contributed by atoms with Gasteiger partial charge in [-0.05, 0) is 19.9 Å². The molecule has 0 atom stereocenters. The maximum Gasteiger partial charge on any atom is 0.414 e. The van der Waals surface area contributed by atoms with Crippen molar-refractivity contribution in [1.29, 1.82) is 0 Å². The molecular formula is C11H13BF3N. The Bertz CT molecular complexity index is 402. The summed E-state index contributed by atoms with van der Waals surface area (Å²) in [5.74, 6) is 0. The van der Waals surface area contributed by atoms with E-state index >= 15 is 0 Å². The first-order valence-corrected chi connectivity index (χ1v) is 4.83. The molecule has 1 heterocycles. The van der Waals surface area contributed by atoms with Crippen molar-refractivity contribution in [2.45, 2.75) is 20.0 Å². The Kier molecular flexibility index (Phi) is 3.36. The summed E-state index contributed by atoms with van der Waals surface area (Å²) >= 11 is 0. The molecule has 0 bridgehead atoms. The zero-order chi connectivity index (χ0) is 12.5. The van der Waals surface area contributed by atoms with Gasteiger partial charge in [-0.3, -0.25) is 0 Å². The molecule has 1 rings (SSSR count). The molecule has 0 spiro atoms. The van der Waals surface area contributed by atoms with Gasteiger partial charge in [-0.2, -0.15) is 13.2 Å². The smallest absolute Gasteiger partial charge is 0.322 e. The van der Waals surface area contributed by atoms with E-state index in [4.69, 9.17) is 0 Å². The molecule has 0 aromatic heterocycles. The molecule has 1 aliphatic heterocycles. The summed E-state index contributed by atoms with van der Waals surface area (Å²) in [6.45, 7) is 6.42. The predicted molar refractivity (Wildman–Crippen MR) is 61.2 cm³/mol. The van der Waals surface area contributed by atoms with E-state index in [-0.39, 0.29) is 5.70 Å². The SMILES string of the molecule is BC1=CN(C(=C)C)/C(=C(\C)C(F)(F)F)C=C1. The molecule has 0 radical (unpaired) electrons. The summed E-state index contributed by atoms with van der Waals surface area (Å²) in [5, 5.41) is 0. The van der Waals surface area contributed by atoms with Crippen molar-refractivity contribution in [1.82, 2.24) is 4.90 Å². The molecule has 5 heteroatoms. The van der Waals surface area contributed by atoms with E-state index in [0.29, 0.717) is 5.70 Å². The second-order valence-electron chi connectivity index (χ2n) is 3.82. The Balaban J connectivity index is 3.24. The van der Waals surface area contributed by atoms with E-state index in [0.717, 1.165) is 12.4 Å². The lowest BCUT2D eigenvalue weighted by molar-refractivity contribution is -0.0927. The minimum Gasteiger partial charge on any atom is -0.322 e. The zero-order valence-corrected chi connectivity index (χ0v) is 9.52. The average Bonchev–Trinajstić information content (AvgIpc) is 2.15. The van der Waals surface area contributed by atoms with Crippen molar-refractivity contribution in [2.75, 3.05) is 0 Å². The number of hydrogen-bond donors (Lipinski definition) is 0. The van der Waals surface area contributed by atoms with E-state index in [9.17, 15) is 13.2 Å². The third kappa shape index (κ3) is 2.59. The van der Waals surface area contributed by atoms with Crippen molar-refractivity contribution in [3.05, 3.63) is 47.4 Å². The number of allylic oxidation sites excluding steroid dienone is 5. The Morgan fingerprint density at radius 3 is 2.31 bits per heavy atom. The largest absolute Gasteiger partial charge is 0.414 e. The molecule has 0 amide bonds. The molecule has 0 N–H and O–H groups in total. The molecule has 0 aromatic carbocycles. The van der Waals surface area contributed by atoms with Gasteiger partial charge >= 0.3 is 6.18 Å². The molecule has 0 saturated heterocycles. The fourth-order valence-corrected chi connectivity index (χ4v) is 1.37. The molecule has 0 aromatic rings. The Labute approximate surface area is 94.0 Å². The first kappa shape index (κ1) is 12.7. The topological polar surface area (TPSA) is 3.24 Å². The standard InChI is InChI=1S/C11H13BF3N/c1-7(2)16-6-9(12)4-5-10(16)8(3)11(13,14)15/h4-6H,1,12H2,2-3H3/b10-8+. The maximum absolute atomic E-state index is 12.6. The van der Waals surface area contributed by atoms with Crippen molar-refractivity contribution in [2.24, 2.45) is 0 Å². The van der Waals surface area contributed by atoms with Crippen LogP contribution in [0, 0.1) is 0 Å². The number of hydrogen-bond acceptors (Lipinski definition) is 1. The lowest BCUT2D eigenvalue weighted by Crippen LogP contribution is -2.22. The molecule has 0 unspecified atom stereocenters. The highest BCUT2D eigenvalue weighted by Gasteiger charge is 2.34. The lowest BCUT2D eigenvalue weighted by Gasteiger charge is -2.28. The highest BCUT2D eigenvalue weighted by molar-refractivity contribution is 6.23. The molecule has 86 valence electrons. The molecule has 0 fully saturated rings. The molecular weight excluding hydrogens is 214 g/mol. The van der Waals surface area contributed by atoms with E-state index < -0.39 is 11.7 Å². The van der Waals surface area contributed by atoms with Gasteiger partial charge in [-0.1, -0.05) is 18.1 Å². The van der Waals surface area contributed by atoms with Gasteiger partial charge in [0.1, 0.15) is 7.85 Å². The molecule has 16 heavy (non-hydrogen) atoms. The van der Waals surface area contributed by atoms with Crippen LogP contribution in [0.3, 0.4) is 0 Å². The number of nitrogens with zero attached hydrogens (tertiary/aromatic N) is 1. The van der Waals surface area contributed by atoms with E-state index in [1.807, 2.05) is 7.85 Å². The Hall–Kier alpha value is -1.39. The summed E-state index contributed by atoms with van der Waals surface area (Å²) < 4.78 is 37.8. The van der Waals surface area contributed by atoms with Crippen molar-refractivity contribution in [3.63, 3.8) is 0 Å². The van der Waals surface area contributed by atoms with Crippen LogP contribution < -0.4 is 0 Å². The van der Waals surface area contributed by atoms with Crippen LogP contribution in [0.15, 0.2) is 47.4 Å². The highest BCUT2D eigenvalue weighted by atomic mass is 19.4. The summed E-state index contributed by atoms with van der Waals surface area (Å²) in [6, 6.07) is 0. The minimum atomic E-state index is -4.31. The number of alkyl halides is 3. The summed E-state index contributed by atoms with van der Waals surface area (Å²) in [7, 11) is 1.83. The molecule has 1 nitrogen and oxygen atoms in total. The van der Waals surface area contributed by atoms with Gasteiger partial charge in [0.15, 0.2) is 0 Å². The third-order valence-electron chi connectivity index (χ3n) is 2.32. The molecule has 1 aliphatic rings. The van der Waals surface area contributed by atoms with Gasteiger partial charge in [0.2, 0.25) is 0 Å². The van der Waals surface area contributed by atoms with Gasteiger partial charge in [-0.25, -0.2) is 0 Å². The van der Waals surface area contributed by atoms with Crippen LogP contribution in [-0.4, -0.2) is 18.9 Å². The Morgan fingerprint density at radius 1 is 1.31 bits per heavy atom. The van der Waals surface area contributed by atoms with Gasteiger partial charge in [0.25, 0.3) is 0 Å². The summed E-state index contributed by atoms with van der Waals surface area (Å²) in [6.07, 6.45) is 0.455. The molecule has 0 saturated carbocycles. The lowest BCUT2D eigenvalue weighted by atomic mass is 9.93. The first-order valence-electron chi connectivity index (χ1n) is 4.83. The second kappa shape index (κ2) is 4.24. The maximum atomic E-state index is 12.6. The van der Waals surface area contributed by atoms with Crippen LogP contribution in [-0.2, 0) is 0 Å². The van der Waals surface area contributed by atoms with Crippen molar-refractivity contribution >= 4 is 7.85 Å². The van der Waals surface area contributed by atoms with Gasteiger partial charge in [-0.15, -0.1) is 0 Å². The monoisotopic (exact) mass is 227 g/mol. The third-order valence-corrected chi connectivity index (χ3v) is 2.32. The fourth-order valence-electron chi connectivity index (χ4n) is 1.37. The van der Waals surface area contributed by atoms with Crippen LogP contribution in [0.25, 0.3) is 0 Å². The first-order chi connectivity index (χ1) is 7.23. The second-order valence-corrected chi connectivity index (χ2v) is 3.82. The van der Waals surface area contributed by atoms with Crippen LogP contribution in [0.4, 0.5) is 13.2 Å². The predicted octanol–water partition coefficient (Wildman–Crippen LogP) is 2.70. The van der Waals surface area contributed by atoms with Gasteiger partial charge < -0.3 is 4.90 Å². The summed E-state index contributed by atoms with van der Waals surface area (Å²) in [5.41, 5.74) is 0.963. The quantitative estimate of drug-likeness (QED) is 0.622.